The van der Waals surface area contributed by atoms with E-state index in [1.807, 2.05) is 0 Å². The number of nitrogens with two attached hydrogens (primary N) is 1. The van der Waals surface area contributed by atoms with Gasteiger partial charge in [0.15, 0.2) is 6.61 Å². The molecule has 0 atom stereocenters. The van der Waals surface area contributed by atoms with Gasteiger partial charge in [0.2, 0.25) is 5.91 Å². The van der Waals surface area contributed by atoms with Gasteiger partial charge in [-0.05, 0) is 18.6 Å². The van der Waals surface area contributed by atoms with Gasteiger partial charge in [-0.3, -0.25) is 4.79 Å². The van der Waals surface area contributed by atoms with Crippen LogP contribution in [0.25, 0.3) is 0 Å². The lowest BCUT2D eigenvalue weighted by Gasteiger charge is -2.07. The summed E-state index contributed by atoms with van der Waals surface area (Å²) < 4.78 is 10.1. The van der Waals surface area contributed by atoms with Gasteiger partial charge >= 0.3 is 5.97 Å². The molecule has 0 bridgehead atoms. The molecule has 0 fully saturated rings. The largest absolute Gasteiger partial charge is 0.482 e. The minimum Gasteiger partial charge on any atom is -0.482 e. The van der Waals surface area contributed by atoms with Gasteiger partial charge in [0.1, 0.15) is 5.75 Å². The van der Waals surface area contributed by atoms with Gasteiger partial charge in [-0.25, -0.2) is 4.79 Å². The molecule has 0 saturated carbocycles. The van der Waals surface area contributed by atoms with Crippen LogP contribution in [0.3, 0.4) is 0 Å². The van der Waals surface area contributed by atoms with E-state index in [0.717, 1.165) is 0 Å². The minimum absolute atomic E-state index is 0.0768. The predicted octanol–water partition coefficient (Wildman–Crippen LogP) is 0.717. The maximum Gasteiger partial charge on any atom is 0.344 e. The van der Waals surface area contributed by atoms with Gasteiger partial charge in [0.05, 0.1) is 6.61 Å². The molecule has 0 saturated heterocycles. The number of amides is 1. The number of esters is 1. The zero-order valence-electron chi connectivity index (χ0n) is 10.8. The number of nitrogens with one attached hydrogen (secondary N) is 1. The summed E-state index contributed by atoms with van der Waals surface area (Å²) >= 11 is 0. The first-order chi connectivity index (χ1) is 9.11. The fourth-order valence-corrected chi connectivity index (χ4v) is 1.33. The van der Waals surface area contributed by atoms with Crippen molar-refractivity contribution in [2.24, 2.45) is 0 Å². The molecule has 0 aromatic heterocycles. The maximum atomic E-state index is 11.3. The van der Waals surface area contributed by atoms with E-state index in [4.69, 9.17) is 15.2 Å². The van der Waals surface area contributed by atoms with E-state index in [0.29, 0.717) is 24.3 Å². The molecular formula is C13H18N2O4. The highest BCUT2D eigenvalue weighted by atomic mass is 16.6. The smallest absolute Gasteiger partial charge is 0.344 e. The molecule has 0 unspecified atom stereocenters. The highest BCUT2D eigenvalue weighted by Gasteiger charge is 2.05. The second-order valence-electron chi connectivity index (χ2n) is 3.86. The number of ether oxygens (including phenoxy) is 2. The summed E-state index contributed by atoms with van der Waals surface area (Å²) in [4.78, 5) is 22.2. The molecule has 0 aliphatic carbocycles. The average molecular weight is 266 g/mol. The van der Waals surface area contributed by atoms with Crippen molar-refractivity contribution in [2.75, 3.05) is 26.0 Å². The quantitative estimate of drug-likeness (QED) is 0.431. The van der Waals surface area contributed by atoms with Crippen LogP contribution >= 0.6 is 0 Å². The van der Waals surface area contributed by atoms with E-state index in [1.165, 1.54) is 0 Å². The van der Waals surface area contributed by atoms with Gasteiger partial charge < -0.3 is 20.5 Å². The molecule has 19 heavy (non-hydrogen) atoms. The Morgan fingerprint density at radius 3 is 2.84 bits per heavy atom. The fourth-order valence-electron chi connectivity index (χ4n) is 1.33. The van der Waals surface area contributed by atoms with Crippen molar-refractivity contribution in [3.63, 3.8) is 0 Å². The number of benzene rings is 1. The van der Waals surface area contributed by atoms with E-state index in [9.17, 15) is 9.59 Å². The van der Waals surface area contributed by atoms with Crippen LogP contribution in [0.15, 0.2) is 24.3 Å². The highest BCUT2D eigenvalue weighted by Crippen LogP contribution is 2.14. The number of rotatable bonds is 7. The molecular weight excluding hydrogens is 248 g/mol. The molecule has 1 rings (SSSR count). The molecule has 0 heterocycles. The van der Waals surface area contributed by atoms with E-state index >= 15 is 0 Å². The Balaban J connectivity index is 2.16. The van der Waals surface area contributed by atoms with Crippen LogP contribution in [-0.4, -0.2) is 32.1 Å². The topological polar surface area (TPSA) is 90.6 Å². The van der Waals surface area contributed by atoms with Gasteiger partial charge in [-0.2, -0.15) is 0 Å². The first-order valence-corrected chi connectivity index (χ1v) is 5.96. The van der Waals surface area contributed by atoms with Crippen molar-refractivity contribution in [3.8, 4) is 5.75 Å². The molecule has 1 amide bonds. The molecule has 1 aromatic carbocycles. The lowest BCUT2D eigenvalue weighted by atomic mass is 10.3. The second kappa shape index (κ2) is 7.97. The van der Waals surface area contributed by atoms with Crippen molar-refractivity contribution < 1.29 is 19.1 Å². The number of carbonyl (C=O) groups excluding carboxylic acids is 2. The maximum absolute atomic E-state index is 11.3. The number of hydrogen-bond acceptors (Lipinski definition) is 5. The van der Waals surface area contributed by atoms with E-state index in [-0.39, 0.29) is 19.1 Å². The summed E-state index contributed by atoms with van der Waals surface area (Å²) in [5, 5.41) is 2.49. The van der Waals surface area contributed by atoms with Gasteiger partial charge in [0.25, 0.3) is 0 Å². The van der Waals surface area contributed by atoms with Crippen molar-refractivity contribution >= 4 is 17.6 Å². The third-order valence-corrected chi connectivity index (χ3v) is 2.30. The van der Waals surface area contributed by atoms with Crippen molar-refractivity contribution in [1.29, 1.82) is 0 Å². The lowest BCUT2D eigenvalue weighted by molar-refractivity contribution is -0.146. The number of anilines is 1. The normalized spacial score (nSPS) is 9.74. The molecule has 0 spiro atoms. The Morgan fingerprint density at radius 2 is 2.16 bits per heavy atom. The minimum atomic E-state index is -0.473. The Bertz CT molecular complexity index is 434. The summed E-state index contributed by atoms with van der Waals surface area (Å²) in [7, 11) is 1.56. The number of hydrogen-bond donors (Lipinski definition) is 2. The molecule has 6 nitrogen and oxygen atoms in total. The van der Waals surface area contributed by atoms with Crippen LogP contribution in [-0.2, 0) is 14.3 Å². The lowest BCUT2D eigenvalue weighted by Crippen LogP contribution is -2.19. The molecule has 0 aliphatic heterocycles. The SMILES string of the molecule is CNC(=O)CCCOC(=O)COc1cccc(N)c1. The second-order valence-corrected chi connectivity index (χ2v) is 3.86. The third kappa shape index (κ3) is 6.30. The molecule has 6 heteroatoms. The van der Waals surface area contributed by atoms with E-state index in [2.05, 4.69) is 5.32 Å². The zero-order valence-corrected chi connectivity index (χ0v) is 10.8. The number of carbonyl (C=O) groups is 2. The molecule has 0 radical (unpaired) electrons. The molecule has 104 valence electrons. The Kier molecular flexibility index (Phi) is 6.21. The monoisotopic (exact) mass is 266 g/mol. The van der Waals surface area contributed by atoms with E-state index < -0.39 is 5.97 Å². The van der Waals surface area contributed by atoms with Crippen LogP contribution in [0.4, 0.5) is 5.69 Å². The number of nitrogen functional groups attached to an aromatic ring is 1. The van der Waals surface area contributed by atoms with Gasteiger partial charge in [0, 0.05) is 25.2 Å². The van der Waals surface area contributed by atoms with Crippen molar-refractivity contribution in [3.05, 3.63) is 24.3 Å². The van der Waals surface area contributed by atoms with Crippen LogP contribution < -0.4 is 15.8 Å². The third-order valence-electron chi connectivity index (χ3n) is 2.30. The van der Waals surface area contributed by atoms with Gasteiger partial charge in [-0.15, -0.1) is 0 Å². The molecule has 0 aliphatic rings. The predicted molar refractivity (Wildman–Crippen MR) is 70.6 cm³/mol. The Morgan fingerprint density at radius 1 is 1.37 bits per heavy atom. The fraction of sp³-hybridized carbons (Fsp3) is 0.385. The average Bonchev–Trinajstić information content (AvgIpc) is 2.41. The zero-order chi connectivity index (χ0) is 14.1. The van der Waals surface area contributed by atoms with Gasteiger partial charge in [-0.1, -0.05) is 6.07 Å². The summed E-state index contributed by atoms with van der Waals surface area (Å²) in [5.41, 5.74) is 6.14. The first kappa shape index (κ1) is 14.8. The van der Waals surface area contributed by atoms with Crippen molar-refractivity contribution in [1.82, 2.24) is 5.32 Å². The van der Waals surface area contributed by atoms with Crippen LogP contribution in [0.1, 0.15) is 12.8 Å². The molecule has 1 aromatic rings. The van der Waals surface area contributed by atoms with E-state index in [1.54, 1.807) is 31.3 Å². The van der Waals surface area contributed by atoms with Crippen LogP contribution in [0.2, 0.25) is 0 Å². The van der Waals surface area contributed by atoms with Crippen LogP contribution in [0, 0.1) is 0 Å². The summed E-state index contributed by atoms with van der Waals surface area (Å²) in [6.45, 7) is 0.0238. The Hall–Kier alpha value is -2.24. The standard InChI is InChI=1S/C13H18N2O4/c1-15-12(16)6-3-7-18-13(17)9-19-11-5-2-4-10(14)8-11/h2,4-5,8H,3,6-7,9,14H2,1H3,(H,15,16). The highest BCUT2D eigenvalue weighted by molar-refractivity contribution is 5.75. The summed E-state index contributed by atoms with van der Waals surface area (Å²) in [6.07, 6.45) is 0.823. The van der Waals surface area contributed by atoms with Crippen molar-refractivity contribution in [2.45, 2.75) is 12.8 Å². The first-order valence-electron chi connectivity index (χ1n) is 5.96. The Labute approximate surface area is 111 Å². The molecule has 3 N–H and O–H groups in total. The summed E-state index contributed by atoms with van der Waals surface area (Å²) in [6, 6.07) is 6.79. The summed E-state index contributed by atoms with van der Waals surface area (Å²) in [5.74, 6) is -0.0336. The van der Waals surface area contributed by atoms with Crippen LogP contribution in [0.5, 0.6) is 5.75 Å².